The van der Waals surface area contributed by atoms with Gasteiger partial charge in [-0.05, 0) is 11.6 Å². The lowest BCUT2D eigenvalue weighted by Crippen LogP contribution is -2.20. The molecule has 0 spiro atoms. The molecule has 0 amide bonds. The zero-order valence-corrected chi connectivity index (χ0v) is 9.41. The molecule has 1 unspecified atom stereocenters. The van der Waals surface area contributed by atoms with Gasteiger partial charge < -0.3 is 5.73 Å². The highest BCUT2D eigenvalue weighted by Crippen LogP contribution is 2.20. The molecule has 0 radical (unpaired) electrons. The van der Waals surface area contributed by atoms with E-state index in [0.717, 1.165) is 23.7 Å². The normalized spacial score (nSPS) is 20.5. The van der Waals surface area contributed by atoms with E-state index in [1.165, 1.54) is 0 Å². The van der Waals surface area contributed by atoms with E-state index in [-0.39, 0.29) is 0 Å². The summed E-state index contributed by atoms with van der Waals surface area (Å²) in [6, 6.07) is 7.81. The van der Waals surface area contributed by atoms with Crippen LogP contribution in [0.1, 0.15) is 12.5 Å². The number of hydrogen-bond donors (Lipinski definition) is 1. The van der Waals surface area contributed by atoms with Crippen LogP contribution >= 0.6 is 11.6 Å². The van der Waals surface area contributed by atoms with Gasteiger partial charge in [-0.1, -0.05) is 36.7 Å². The second-order valence-electron chi connectivity index (χ2n) is 3.86. The van der Waals surface area contributed by atoms with Gasteiger partial charge in [-0.25, -0.2) is 0 Å². The Bertz CT molecular complexity index is 389. The highest BCUT2D eigenvalue weighted by molar-refractivity contribution is 6.31. The van der Waals surface area contributed by atoms with Gasteiger partial charge >= 0.3 is 0 Å². The van der Waals surface area contributed by atoms with Crippen LogP contribution in [-0.2, 0) is 6.54 Å². The average Bonchev–Trinajstić information content (AvgIpc) is 2.50. The van der Waals surface area contributed by atoms with Crippen LogP contribution in [0.15, 0.2) is 29.4 Å². The van der Waals surface area contributed by atoms with Crippen molar-refractivity contribution in [3.63, 3.8) is 0 Å². The number of nitrogens with zero attached hydrogens (tertiary/aromatic N) is 2. The highest BCUT2D eigenvalue weighted by Gasteiger charge is 2.20. The molecule has 15 heavy (non-hydrogen) atoms. The number of benzene rings is 1. The van der Waals surface area contributed by atoms with Crippen molar-refractivity contribution in [1.29, 1.82) is 0 Å². The van der Waals surface area contributed by atoms with Gasteiger partial charge in [0, 0.05) is 17.5 Å². The van der Waals surface area contributed by atoms with E-state index < -0.39 is 0 Å². The molecule has 1 aromatic rings. The number of hydrogen-bond acceptors (Lipinski definition) is 3. The van der Waals surface area contributed by atoms with E-state index in [0.29, 0.717) is 11.8 Å². The van der Waals surface area contributed by atoms with Crippen LogP contribution in [-0.4, -0.2) is 17.4 Å². The number of halogens is 1. The summed E-state index contributed by atoms with van der Waals surface area (Å²) in [5.74, 6) is 1.05. The maximum Gasteiger partial charge on any atom is 0.124 e. The molecule has 0 fully saturated rings. The predicted octanol–water partition coefficient (Wildman–Crippen LogP) is 2.06. The Balaban J connectivity index is 2.08. The monoisotopic (exact) mass is 223 g/mol. The molecular weight excluding hydrogens is 210 g/mol. The van der Waals surface area contributed by atoms with Crippen LogP contribution in [0.2, 0.25) is 5.02 Å². The van der Waals surface area contributed by atoms with Crippen molar-refractivity contribution in [2.24, 2.45) is 16.8 Å². The lowest BCUT2D eigenvalue weighted by Gasteiger charge is -2.14. The second-order valence-corrected chi connectivity index (χ2v) is 4.27. The topological polar surface area (TPSA) is 41.6 Å². The Morgan fingerprint density at radius 3 is 2.87 bits per heavy atom. The molecule has 2 rings (SSSR count). The summed E-state index contributed by atoms with van der Waals surface area (Å²) in [5, 5.41) is 7.02. The molecule has 0 aliphatic carbocycles. The number of nitrogens with two attached hydrogens (primary N) is 1. The Labute approximate surface area is 94.5 Å². The maximum atomic E-state index is 6.07. The standard InChI is InChI=1S/C11H14ClN3/c1-8-6-15(14-11(8)13)7-9-4-2-3-5-10(9)12/h2-5,8H,6-7H2,1H3,(H2,13,14). The molecule has 3 nitrogen and oxygen atoms in total. The number of rotatable bonds is 2. The fraction of sp³-hybridized carbons (Fsp3) is 0.364. The van der Waals surface area contributed by atoms with Gasteiger partial charge in [0.15, 0.2) is 0 Å². The first-order valence-corrected chi connectivity index (χ1v) is 5.37. The van der Waals surface area contributed by atoms with Crippen LogP contribution in [0.25, 0.3) is 0 Å². The molecule has 1 aliphatic heterocycles. The van der Waals surface area contributed by atoms with Gasteiger partial charge in [-0.3, -0.25) is 5.01 Å². The van der Waals surface area contributed by atoms with Gasteiger partial charge in [-0.2, -0.15) is 5.10 Å². The van der Waals surface area contributed by atoms with Crippen LogP contribution in [0.4, 0.5) is 0 Å². The average molecular weight is 224 g/mol. The van der Waals surface area contributed by atoms with Gasteiger partial charge in [0.1, 0.15) is 5.84 Å². The molecule has 80 valence electrons. The molecule has 0 saturated carbocycles. The molecular formula is C11H14ClN3. The molecule has 1 atom stereocenters. The van der Waals surface area contributed by atoms with E-state index in [1.54, 1.807) is 0 Å². The maximum absolute atomic E-state index is 6.07. The summed E-state index contributed by atoms with van der Waals surface area (Å²) < 4.78 is 0. The molecule has 4 heteroatoms. The van der Waals surface area contributed by atoms with E-state index in [9.17, 15) is 0 Å². The van der Waals surface area contributed by atoms with Crippen molar-refractivity contribution in [2.75, 3.05) is 6.54 Å². The first-order valence-electron chi connectivity index (χ1n) is 4.99. The number of amidine groups is 1. The predicted molar refractivity (Wildman–Crippen MR) is 62.6 cm³/mol. The van der Waals surface area contributed by atoms with Crippen molar-refractivity contribution < 1.29 is 0 Å². The first-order chi connectivity index (χ1) is 7.16. The second kappa shape index (κ2) is 4.11. The third-order valence-electron chi connectivity index (χ3n) is 2.56. The van der Waals surface area contributed by atoms with Crippen LogP contribution < -0.4 is 5.73 Å². The summed E-state index contributed by atoms with van der Waals surface area (Å²) in [6.07, 6.45) is 0. The van der Waals surface area contributed by atoms with E-state index in [1.807, 2.05) is 29.3 Å². The minimum absolute atomic E-state index is 0.340. The molecule has 0 saturated heterocycles. The summed E-state index contributed by atoms with van der Waals surface area (Å²) in [5.41, 5.74) is 6.82. The highest BCUT2D eigenvalue weighted by atomic mass is 35.5. The summed E-state index contributed by atoms with van der Waals surface area (Å²) >= 11 is 6.07. The van der Waals surface area contributed by atoms with E-state index in [2.05, 4.69) is 12.0 Å². The molecule has 0 bridgehead atoms. The molecule has 2 N–H and O–H groups in total. The Hall–Kier alpha value is -1.22. The summed E-state index contributed by atoms with van der Waals surface area (Å²) in [6.45, 7) is 3.67. The first kappa shape index (κ1) is 10.3. The van der Waals surface area contributed by atoms with Crippen molar-refractivity contribution in [3.05, 3.63) is 34.9 Å². The summed E-state index contributed by atoms with van der Waals surface area (Å²) in [4.78, 5) is 0. The Morgan fingerprint density at radius 1 is 1.53 bits per heavy atom. The minimum Gasteiger partial charge on any atom is -0.385 e. The smallest absolute Gasteiger partial charge is 0.124 e. The van der Waals surface area contributed by atoms with Crippen molar-refractivity contribution in [1.82, 2.24) is 5.01 Å². The van der Waals surface area contributed by atoms with E-state index in [4.69, 9.17) is 17.3 Å². The lowest BCUT2D eigenvalue weighted by molar-refractivity contribution is 0.292. The van der Waals surface area contributed by atoms with Crippen molar-refractivity contribution in [2.45, 2.75) is 13.5 Å². The largest absolute Gasteiger partial charge is 0.385 e. The van der Waals surface area contributed by atoms with Crippen LogP contribution in [0, 0.1) is 5.92 Å². The molecule has 0 aromatic heterocycles. The number of hydrazone groups is 1. The minimum atomic E-state index is 0.340. The van der Waals surface area contributed by atoms with Gasteiger partial charge in [0.2, 0.25) is 0 Å². The molecule has 1 heterocycles. The zero-order chi connectivity index (χ0) is 10.8. The Kier molecular flexibility index (Phi) is 2.82. The SMILES string of the molecule is CC1CN(Cc2ccccc2Cl)N=C1N. The van der Waals surface area contributed by atoms with Crippen LogP contribution in [0.3, 0.4) is 0 Å². The fourth-order valence-electron chi connectivity index (χ4n) is 1.64. The third-order valence-corrected chi connectivity index (χ3v) is 2.93. The fourth-order valence-corrected chi connectivity index (χ4v) is 1.83. The molecule has 1 aliphatic rings. The van der Waals surface area contributed by atoms with Crippen molar-refractivity contribution >= 4 is 17.4 Å². The molecule has 1 aromatic carbocycles. The summed E-state index contributed by atoms with van der Waals surface area (Å²) in [7, 11) is 0. The quantitative estimate of drug-likeness (QED) is 0.834. The van der Waals surface area contributed by atoms with Crippen molar-refractivity contribution in [3.8, 4) is 0 Å². The zero-order valence-electron chi connectivity index (χ0n) is 8.65. The Morgan fingerprint density at radius 2 is 2.27 bits per heavy atom. The van der Waals surface area contributed by atoms with Crippen LogP contribution in [0.5, 0.6) is 0 Å². The van der Waals surface area contributed by atoms with Gasteiger partial charge in [-0.15, -0.1) is 0 Å². The lowest BCUT2D eigenvalue weighted by atomic mass is 10.1. The third kappa shape index (κ3) is 2.23. The van der Waals surface area contributed by atoms with Gasteiger partial charge in [0.05, 0.1) is 6.54 Å². The van der Waals surface area contributed by atoms with E-state index >= 15 is 0 Å². The van der Waals surface area contributed by atoms with Gasteiger partial charge in [0.25, 0.3) is 0 Å².